The molecule has 1 saturated heterocycles. The molecule has 1 fully saturated rings. The van der Waals surface area contributed by atoms with Crippen LogP contribution in [0.3, 0.4) is 0 Å². The summed E-state index contributed by atoms with van der Waals surface area (Å²) in [5.74, 6) is -0.0921. The number of hydrogen-bond donors (Lipinski definition) is 3. The summed E-state index contributed by atoms with van der Waals surface area (Å²) in [4.78, 5) is 11.5. The highest BCUT2D eigenvalue weighted by Crippen LogP contribution is 1.97. The zero-order valence-corrected chi connectivity index (χ0v) is 10.4. The van der Waals surface area contributed by atoms with Crippen LogP contribution in [-0.2, 0) is 9.53 Å². The van der Waals surface area contributed by atoms with Crippen LogP contribution in [0.25, 0.3) is 0 Å². The van der Waals surface area contributed by atoms with Crippen molar-refractivity contribution < 1.29 is 14.6 Å². The largest absolute Gasteiger partial charge is 0.393 e. The summed E-state index contributed by atoms with van der Waals surface area (Å²) in [6.45, 7) is 4.38. The van der Waals surface area contributed by atoms with Crippen molar-refractivity contribution in [1.82, 2.24) is 10.6 Å². The molecular weight excluding hydrogens is 232 g/mol. The van der Waals surface area contributed by atoms with Gasteiger partial charge >= 0.3 is 0 Å². The highest BCUT2D eigenvalue weighted by atomic mass is 35.5. The van der Waals surface area contributed by atoms with Crippen molar-refractivity contribution in [1.29, 1.82) is 0 Å². The second-order valence-electron chi connectivity index (χ2n) is 3.71. The molecule has 16 heavy (non-hydrogen) atoms. The molecule has 5 nitrogen and oxygen atoms in total. The number of rotatable bonds is 5. The van der Waals surface area contributed by atoms with Gasteiger partial charge < -0.3 is 20.5 Å². The summed E-state index contributed by atoms with van der Waals surface area (Å²) in [5.41, 5.74) is 0. The van der Waals surface area contributed by atoms with Gasteiger partial charge in [0.2, 0.25) is 5.91 Å². The minimum absolute atomic E-state index is 0. The number of nitrogens with one attached hydrogen (secondary N) is 2. The fraction of sp³-hybridized carbons (Fsp3) is 0.900. The topological polar surface area (TPSA) is 70.6 Å². The highest BCUT2D eigenvalue weighted by molar-refractivity contribution is 5.85. The van der Waals surface area contributed by atoms with Crippen molar-refractivity contribution >= 4 is 18.3 Å². The first kappa shape index (κ1) is 15.6. The van der Waals surface area contributed by atoms with Gasteiger partial charge in [0.05, 0.1) is 12.7 Å². The molecule has 1 amide bonds. The van der Waals surface area contributed by atoms with Crippen LogP contribution in [-0.4, -0.2) is 49.5 Å². The summed E-state index contributed by atoms with van der Waals surface area (Å²) in [6.07, 6.45) is 0.618. The number of ether oxygens (including phenoxy) is 1. The molecule has 0 aliphatic carbocycles. The maximum atomic E-state index is 11.5. The van der Waals surface area contributed by atoms with Gasteiger partial charge in [-0.2, -0.15) is 0 Å². The number of carbonyl (C=O) groups excluding carboxylic acids is 1. The number of halogens is 1. The Bertz CT molecular complexity index is 199. The molecule has 0 spiro atoms. The minimum Gasteiger partial charge on any atom is -0.393 e. The number of carbonyl (C=O) groups is 1. The van der Waals surface area contributed by atoms with E-state index in [1.807, 2.05) is 6.92 Å². The molecule has 0 aromatic rings. The maximum Gasteiger partial charge on any atom is 0.250 e. The molecule has 0 aromatic carbocycles. The molecule has 96 valence electrons. The fourth-order valence-electron chi connectivity index (χ4n) is 1.41. The van der Waals surface area contributed by atoms with E-state index in [-0.39, 0.29) is 30.5 Å². The average molecular weight is 253 g/mol. The normalized spacial score (nSPS) is 22.0. The van der Waals surface area contributed by atoms with Crippen LogP contribution in [0.5, 0.6) is 0 Å². The van der Waals surface area contributed by atoms with Crippen molar-refractivity contribution in [2.75, 3.05) is 26.2 Å². The van der Waals surface area contributed by atoms with Crippen LogP contribution in [0.15, 0.2) is 0 Å². The predicted molar refractivity (Wildman–Crippen MR) is 63.8 cm³/mol. The van der Waals surface area contributed by atoms with Gasteiger partial charge in [-0.1, -0.05) is 6.92 Å². The molecule has 2 unspecified atom stereocenters. The van der Waals surface area contributed by atoms with Crippen molar-refractivity contribution in [3.63, 3.8) is 0 Å². The average Bonchev–Trinajstić information content (AvgIpc) is 2.29. The molecule has 1 aliphatic rings. The highest BCUT2D eigenvalue weighted by Gasteiger charge is 2.21. The predicted octanol–water partition coefficient (Wildman–Crippen LogP) is -0.326. The van der Waals surface area contributed by atoms with Crippen molar-refractivity contribution in [3.8, 4) is 0 Å². The minimum atomic E-state index is -0.377. The summed E-state index contributed by atoms with van der Waals surface area (Å²) in [7, 11) is 0. The van der Waals surface area contributed by atoms with E-state index in [1.165, 1.54) is 0 Å². The third kappa shape index (κ3) is 5.65. The van der Waals surface area contributed by atoms with Gasteiger partial charge in [0, 0.05) is 19.6 Å². The third-order valence-corrected chi connectivity index (χ3v) is 2.47. The number of amides is 1. The van der Waals surface area contributed by atoms with E-state index < -0.39 is 0 Å². The molecule has 0 saturated carbocycles. The number of aliphatic hydroxyl groups is 1. The van der Waals surface area contributed by atoms with Gasteiger partial charge in [-0.15, -0.1) is 12.4 Å². The van der Waals surface area contributed by atoms with Crippen LogP contribution < -0.4 is 10.6 Å². The lowest BCUT2D eigenvalue weighted by molar-refractivity contribution is -0.134. The molecule has 2 atom stereocenters. The SMILES string of the molecule is CCC(O)CCNC(=O)C1CNCCO1.Cl. The zero-order valence-electron chi connectivity index (χ0n) is 9.57. The quantitative estimate of drug-likeness (QED) is 0.627. The van der Waals surface area contributed by atoms with Crippen LogP contribution in [0.2, 0.25) is 0 Å². The van der Waals surface area contributed by atoms with Gasteiger partial charge in [0.1, 0.15) is 6.10 Å². The van der Waals surface area contributed by atoms with Gasteiger partial charge in [0.25, 0.3) is 0 Å². The molecule has 0 bridgehead atoms. The number of hydrogen-bond acceptors (Lipinski definition) is 4. The first-order valence-corrected chi connectivity index (χ1v) is 5.52. The Morgan fingerprint density at radius 1 is 1.69 bits per heavy atom. The van der Waals surface area contributed by atoms with Crippen LogP contribution >= 0.6 is 12.4 Å². The lowest BCUT2D eigenvalue weighted by Gasteiger charge is -2.22. The molecule has 1 aliphatic heterocycles. The summed E-state index contributed by atoms with van der Waals surface area (Å²) in [6, 6.07) is 0. The Balaban J connectivity index is 0.00000225. The first-order valence-electron chi connectivity index (χ1n) is 5.52. The molecule has 1 rings (SSSR count). The number of morpholine rings is 1. The van der Waals surface area contributed by atoms with Crippen LogP contribution in [0.4, 0.5) is 0 Å². The van der Waals surface area contributed by atoms with Gasteiger partial charge in [0.15, 0.2) is 0 Å². The second kappa shape index (κ2) is 8.75. The van der Waals surface area contributed by atoms with E-state index in [0.29, 0.717) is 26.1 Å². The smallest absolute Gasteiger partial charge is 0.250 e. The van der Waals surface area contributed by atoms with E-state index in [9.17, 15) is 9.90 Å². The van der Waals surface area contributed by atoms with Crippen molar-refractivity contribution in [2.45, 2.75) is 32.0 Å². The lowest BCUT2D eigenvalue weighted by atomic mass is 10.2. The maximum absolute atomic E-state index is 11.5. The van der Waals surface area contributed by atoms with Gasteiger partial charge in [-0.25, -0.2) is 0 Å². The first-order chi connectivity index (χ1) is 7.24. The van der Waals surface area contributed by atoms with Gasteiger partial charge in [-0.05, 0) is 12.8 Å². The number of aliphatic hydroxyl groups excluding tert-OH is 1. The molecule has 1 heterocycles. The van der Waals surface area contributed by atoms with E-state index in [2.05, 4.69) is 10.6 Å². The summed E-state index contributed by atoms with van der Waals surface area (Å²) in [5, 5.41) is 15.1. The van der Waals surface area contributed by atoms with E-state index in [4.69, 9.17) is 4.74 Å². The molecule has 0 radical (unpaired) electrons. The standard InChI is InChI=1S/C10H20N2O3.ClH/c1-2-8(13)3-4-12-10(14)9-7-11-5-6-15-9;/h8-9,11,13H,2-7H2,1H3,(H,12,14);1H. The van der Waals surface area contributed by atoms with E-state index >= 15 is 0 Å². The summed E-state index contributed by atoms with van der Waals surface area (Å²) < 4.78 is 5.29. The van der Waals surface area contributed by atoms with Gasteiger partial charge in [-0.3, -0.25) is 4.79 Å². The van der Waals surface area contributed by atoms with E-state index in [0.717, 1.165) is 13.0 Å². The Labute approximate surface area is 102 Å². The van der Waals surface area contributed by atoms with E-state index in [1.54, 1.807) is 0 Å². The molecule has 6 heteroatoms. The van der Waals surface area contributed by atoms with Crippen LogP contribution in [0, 0.1) is 0 Å². The van der Waals surface area contributed by atoms with Crippen molar-refractivity contribution in [2.24, 2.45) is 0 Å². The summed E-state index contributed by atoms with van der Waals surface area (Å²) >= 11 is 0. The second-order valence-corrected chi connectivity index (χ2v) is 3.71. The Morgan fingerprint density at radius 3 is 3.00 bits per heavy atom. The van der Waals surface area contributed by atoms with Crippen LogP contribution in [0.1, 0.15) is 19.8 Å². The Kier molecular flexibility index (Phi) is 8.56. The fourth-order valence-corrected chi connectivity index (χ4v) is 1.41. The Morgan fingerprint density at radius 2 is 2.44 bits per heavy atom. The molecule has 0 aromatic heterocycles. The molecule has 3 N–H and O–H groups in total. The molecular formula is C10H21ClN2O3. The zero-order chi connectivity index (χ0) is 11.1. The monoisotopic (exact) mass is 252 g/mol. The lowest BCUT2D eigenvalue weighted by Crippen LogP contribution is -2.48. The third-order valence-electron chi connectivity index (χ3n) is 2.47. The Hall–Kier alpha value is -0.360. The van der Waals surface area contributed by atoms with Crippen molar-refractivity contribution in [3.05, 3.63) is 0 Å².